The van der Waals surface area contributed by atoms with Crippen LogP contribution in [0.2, 0.25) is 0 Å². The average Bonchev–Trinajstić information content (AvgIpc) is 3.14. The molecule has 1 unspecified atom stereocenters. The number of aryl methyl sites for hydroxylation is 1. The third kappa shape index (κ3) is 4.15. The van der Waals surface area contributed by atoms with Gasteiger partial charge in [-0.25, -0.2) is 13.2 Å². The first-order valence-electron chi connectivity index (χ1n) is 8.55. The van der Waals surface area contributed by atoms with Gasteiger partial charge in [0, 0.05) is 6.04 Å². The van der Waals surface area contributed by atoms with Crippen molar-refractivity contribution >= 4 is 17.1 Å². The maximum atomic E-state index is 12.7. The molecular formula is C18H25NO5S. The van der Waals surface area contributed by atoms with Crippen molar-refractivity contribution < 1.29 is 22.1 Å². The number of thiol groups is 1. The van der Waals surface area contributed by atoms with Gasteiger partial charge in [-0.05, 0) is 52.0 Å². The first-order valence-corrected chi connectivity index (χ1v) is 9.64. The van der Waals surface area contributed by atoms with Gasteiger partial charge < -0.3 is 4.74 Å². The number of fused-ring (bicyclic) bond motifs is 1. The highest BCUT2D eigenvalue weighted by Crippen LogP contribution is 2.51. The van der Waals surface area contributed by atoms with Crippen molar-refractivity contribution in [3.05, 3.63) is 35.4 Å². The largest absolute Gasteiger partial charge is 0.444 e. The van der Waals surface area contributed by atoms with Gasteiger partial charge in [0.1, 0.15) is 11.7 Å². The maximum Gasteiger partial charge on any atom is 0.410 e. The molecule has 2 fully saturated rings. The fraction of sp³-hybridized carbons (Fsp3) is 0.611. The quantitative estimate of drug-likeness (QED) is 0.828. The smallest absolute Gasteiger partial charge is 0.410 e. The summed E-state index contributed by atoms with van der Waals surface area (Å²) in [5.41, 5.74) is 1.23. The van der Waals surface area contributed by atoms with E-state index < -0.39 is 28.8 Å². The van der Waals surface area contributed by atoms with Crippen molar-refractivity contribution in [2.24, 2.45) is 5.92 Å². The van der Waals surface area contributed by atoms with E-state index in [1.807, 2.05) is 52.0 Å². The topological polar surface area (TPSA) is 72.9 Å². The number of hydrogen-bond donors (Lipinski definition) is 1. The molecular weight excluding hydrogens is 342 g/mol. The molecule has 4 atom stereocenters. The molecule has 0 radical (unpaired) electrons. The molecule has 1 aliphatic carbocycles. The number of amides is 1. The Hall–Kier alpha value is -1.60. The second-order valence-corrected chi connectivity index (χ2v) is 8.57. The molecule has 1 aromatic rings. The molecule has 6 nitrogen and oxygen atoms in total. The number of likely N-dealkylation sites (tertiary alicyclic amines) is 1. The molecule has 1 heterocycles. The molecule has 25 heavy (non-hydrogen) atoms. The van der Waals surface area contributed by atoms with Gasteiger partial charge in [-0.3, -0.25) is 9.08 Å². The predicted octanol–water partition coefficient (Wildman–Crippen LogP) is 2.98. The number of ether oxygens (including phenoxy) is 1. The number of hydrogen-bond acceptors (Lipinski definition) is 5. The van der Waals surface area contributed by atoms with Crippen LogP contribution in [-0.2, 0) is 19.9 Å². The van der Waals surface area contributed by atoms with Crippen molar-refractivity contribution in [3.8, 4) is 0 Å². The average molecular weight is 367 g/mol. The lowest BCUT2D eigenvalue weighted by molar-refractivity contribution is 0.00403. The van der Waals surface area contributed by atoms with E-state index in [0.717, 1.165) is 24.0 Å². The predicted molar refractivity (Wildman–Crippen MR) is 93.7 cm³/mol. The van der Waals surface area contributed by atoms with Gasteiger partial charge in [-0.2, -0.15) is 0 Å². The summed E-state index contributed by atoms with van der Waals surface area (Å²) < 4.78 is 33.4. The van der Waals surface area contributed by atoms with Crippen LogP contribution in [0.5, 0.6) is 0 Å². The van der Waals surface area contributed by atoms with Crippen LogP contribution in [0.4, 0.5) is 4.79 Å². The normalized spacial score (nSPS) is 26.4. The summed E-state index contributed by atoms with van der Waals surface area (Å²) in [7, 11) is -3.03. The Morgan fingerprint density at radius 2 is 1.84 bits per heavy atom. The molecule has 1 saturated carbocycles. The first-order chi connectivity index (χ1) is 11.7. The highest BCUT2D eigenvalue weighted by molar-refractivity contribution is 7.67. The van der Waals surface area contributed by atoms with Gasteiger partial charge in [0.2, 0.25) is 0 Å². The van der Waals surface area contributed by atoms with E-state index in [1.54, 1.807) is 4.90 Å². The van der Waals surface area contributed by atoms with Gasteiger partial charge in [-0.15, -0.1) is 0 Å². The van der Waals surface area contributed by atoms with E-state index in [4.69, 9.17) is 8.92 Å². The SMILES string of the molecule is Cc1ccc(C(O[SH](=O)=O)[C@@H]2C[C@H]3C[C@H]3N2C(=O)OC(C)(C)C)cc1. The van der Waals surface area contributed by atoms with Crippen LogP contribution in [0.15, 0.2) is 24.3 Å². The van der Waals surface area contributed by atoms with Crippen LogP contribution in [0.25, 0.3) is 0 Å². The molecule has 0 spiro atoms. The summed E-state index contributed by atoms with van der Waals surface area (Å²) in [6, 6.07) is 7.33. The molecule has 1 aromatic carbocycles. The van der Waals surface area contributed by atoms with E-state index in [2.05, 4.69) is 0 Å². The van der Waals surface area contributed by atoms with Crippen molar-refractivity contribution in [1.82, 2.24) is 4.90 Å². The van der Waals surface area contributed by atoms with Crippen LogP contribution in [0.3, 0.4) is 0 Å². The Morgan fingerprint density at radius 1 is 1.20 bits per heavy atom. The van der Waals surface area contributed by atoms with Crippen LogP contribution >= 0.6 is 0 Å². The summed E-state index contributed by atoms with van der Waals surface area (Å²) in [6.45, 7) is 7.43. The first kappa shape index (κ1) is 18.2. The highest BCUT2D eigenvalue weighted by Gasteiger charge is 2.57. The Kier molecular flexibility index (Phi) is 4.81. The van der Waals surface area contributed by atoms with Crippen molar-refractivity contribution in [2.75, 3.05) is 0 Å². The van der Waals surface area contributed by atoms with Gasteiger partial charge in [0.25, 0.3) is 11.0 Å². The molecule has 1 aliphatic heterocycles. The van der Waals surface area contributed by atoms with E-state index in [0.29, 0.717) is 5.92 Å². The monoisotopic (exact) mass is 367 g/mol. The number of nitrogens with zero attached hydrogens (tertiary/aromatic N) is 1. The third-order valence-electron chi connectivity index (χ3n) is 4.70. The van der Waals surface area contributed by atoms with Gasteiger partial charge in [0.15, 0.2) is 0 Å². The molecule has 1 amide bonds. The fourth-order valence-corrected chi connectivity index (χ4v) is 4.00. The summed E-state index contributed by atoms with van der Waals surface area (Å²) in [6.07, 6.45) is 0.567. The molecule has 138 valence electrons. The number of carbonyl (C=O) groups is 1. The number of carbonyl (C=O) groups excluding carboxylic acids is 1. The molecule has 0 aromatic heterocycles. The van der Waals surface area contributed by atoms with Crippen molar-refractivity contribution in [1.29, 1.82) is 0 Å². The lowest BCUT2D eigenvalue weighted by Gasteiger charge is -2.34. The summed E-state index contributed by atoms with van der Waals surface area (Å²) in [4.78, 5) is 14.4. The highest BCUT2D eigenvalue weighted by atomic mass is 32.2. The zero-order chi connectivity index (χ0) is 18.4. The lowest BCUT2D eigenvalue weighted by atomic mass is 9.98. The van der Waals surface area contributed by atoms with Crippen LogP contribution in [0, 0.1) is 12.8 Å². The van der Waals surface area contributed by atoms with Crippen LogP contribution in [0.1, 0.15) is 50.8 Å². The summed E-state index contributed by atoms with van der Waals surface area (Å²) >= 11 is 0. The Balaban J connectivity index is 1.88. The second kappa shape index (κ2) is 6.61. The van der Waals surface area contributed by atoms with Gasteiger partial charge in [0.05, 0.1) is 6.04 Å². The van der Waals surface area contributed by atoms with E-state index in [-0.39, 0.29) is 12.1 Å². The van der Waals surface area contributed by atoms with E-state index >= 15 is 0 Å². The van der Waals surface area contributed by atoms with Crippen molar-refractivity contribution in [3.63, 3.8) is 0 Å². The molecule has 1 saturated heterocycles. The second-order valence-electron chi connectivity index (χ2n) is 7.91. The Morgan fingerprint density at radius 3 is 2.40 bits per heavy atom. The fourth-order valence-electron chi connectivity index (χ4n) is 3.55. The third-order valence-corrected chi connectivity index (χ3v) is 5.10. The minimum absolute atomic E-state index is 0.126. The number of benzene rings is 1. The standard InChI is InChI=1S/C18H25NO5S/c1-11-5-7-12(8-6-11)16(24-25(21)22)15-10-13-9-14(13)19(15)17(20)23-18(2,3)4/h5-8,13-16,25H,9-10H2,1-4H3/t13-,14-,15+,16?/m1/s1. The lowest BCUT2D eigenvalue weighted by Crippen LogP contribution is -2.45. The Bertz CT molecular complexity index is 714. The van der Waals surface area contributed by atoms with E-state index in [1.165, 1.54) is 0 Å². The molecule has 7 heteroatoms. The molecule has 0 N–H and O–H groups in total. The Labute approximate surface area is 150 Å². The zero-order valence-electron chi connectivity index (χ0n) is 15.0. The number of rotatable bonds is 4. The van der Waals surface area contributed by atoms with E-state index in [9.17, 15) is 13.2 Å². The molecule has 0 bridgehead atoms. The minimum Gasteiger partial charge on any atom is -0.444 e. The molecule has 3 rings (SSSR count). The zero-order valence-corrected chi connectivity index (χ0v) is 15.9. The number of piperidine rings is 1. The summed E-state index contributed by atoms with van der Waals surface area (Å²) in [5.74, 6) is 0.401. The van der Waals surface area contributed by atoms with Crippen LogP contribution in [-0.4, -0.2) is 37.1 Å². The molecule has 2 aliphatic rings. The summed E-state index contributed by atoms with van der Waals surface area (Å²) in [5, 5.41) is 0. The minimum atomic E-state index is -3.03. The maximum absolute atomic E-state index is 12.7. The van der Waals surface area contributed by atoms with Crippen molar-refractivity contribution in [2.45, 2.75) is 64.3 Å². The van der Waals surface area contributed by atoms with Gasteiger partial charge in [-0.1, -0.05) is 29.8 Å². The van der Waals surface area contributed by atoms with Gasteiger partial charge >= 0.3 is 6.09 Å². The van der Waals surface area contributed by atoms with Crippen LogP contribution < -0.4 is 0 Å².